The number of hydrogen-bond donors (Lipinski definition) is 0. The van der Waals surface area contributed by atoms with Crippen LogP contribution in [0.1, 0.15) is 4.11 Å². The molecule has 0 heterocycles. The third-order valence-corrected chi connectivity index (χ3v) is 5.14. The molecule has 0 saturated carbocycles. The first-order chi connectivity index (χ1) is 15.0. The molecule has 0 saturated heterocycles. The van der Waals surface area contributed by atoms with Gasteiger partial charge >= 0.3 is 31.3 Å². The van der Waals surface area contributed by atoms with Gasteiger partial charge in [0.25, 0.3) is 0 Å². The van der Waals surface area contributed by atoms with Gasteiger partial charge in [0, 0.05) is 11.5 Å². The Balaban J connectivity index is 3.02. The monoisotopic (exact) mass is 511 g/mol. The van der Waals surface area contributed by atoms with Gasteiger partial charge in [-0.2, -0.15) is 47.6 Å². The Morgan fingerprint density at radius 3 is 1.81 bits per heavy atom. The van der Waals surface area contributed by atoms with Crippen molar-refractivity contribution in [3.63, 3.8) is 0 Å². The number of alkyl halides is 6. The van der Waals surface area contributed by atoms with Crippen LogP contribution in [0.15, 0.2) is 12.1 Å². The number of ether oxygens (including phenoxy) is 1. The van der Waals surface area contributed by atoms with Crippen LogP contribution in [-0.4, -0.2) is 34.9 Å². The van der Waals surface area contributed by atoms with Crippen LogP contribution in [-0.2, 0) is 20.2 Å². The molecule has 18 heteroatoms. The molecule has 0 aliphatic carbocycles. The molecule has 7 nitrogen and oxygen atoms in total. The average molecular weight is 511 g/mol. The fourth-order valence-electron chi connectivity index (χ4n) is 1.97. The molecule has 0 bridgehead atoms. The third kappa shape index (κ3) is 4.39. The predicted octanol–water partition coefficient (Wildman–Crippen LogP) is 3.72. The quantitative estimate of drug-likeness (QED) is 0.261. The van der Waals surface area contributed by atoms with Gasteiger partial charge in [-0.1, -0.05) is 0 Å². The van der Waals surface area contributed by atoms with E-state index in [0.29, 0.717) is 0 Å². The first-order valence-electron chi connectivity index (χ1n) is 8.33. The van der Waals surface area contributed by atoms with Crippen molar-refractivity contribution in [2.75, 3.05) is 7.04 Å². The van der Waals surface area contributed by atoms with Gasteiger partial charge < -0.3 is 13.1 Å². The Morgan fingerprint density at radius 1 is 0.806 bits per heavy atom. The largest absolute Gasteiger partial charge is 0.534 e. The topological polar surface area (TPSA) is 96.0 Å². The number of hydrogen-bond acceptors (Lipinski definition) is 7. The molecular weight excluding hydrogens is 503 g/mol. The molecule has 2 rings (SSSR count). The summed E-state index contributed by atoms with van der Waals surface area (Å²) in [6, 6.07) is -0.492. The van der Waals surface area contributed by atoms with Crippen LogP contribution in [0.3, 0.4) is 0 Å². The summed E-state index contributed by atoms with van der Waals surface area (Å²) in [6.07, 6.45) is 0. The van der Waals surface area contributed by atoms with E-state index < -0.39 is 83.8 Å². The van der Waals surface area contributed by atoms with Crippen molar-refractivity contribution in [3.05, 3.63) is 29.6 Å². The minimum Gasteiger partial charge on any atom is -0.493 e. The highest BCUT2D eigenvalue weighted by Crippen LogP contribution is 2.44. The third-order valence-electron chi connectivity index (χ3n) is 3.20. The van der Waals surface area contributed by atoms with Crippen LogP contribution in [0.5, 0.6) is 17.2 Å². The molecule has 0 aromatic heterocycles. The smallest absolute Gasteiger partial charge is 0.493 e. The Kier molecular flexibility index (Phi) is 4.91. The molecule has 0 atom stereocenters. The van der Waals surface area contributed by atoms with E-state index in [1.54, 1.807) is 0 Å². The summed E-state index contributed by atoms with van der Waals surface area (Å²) < 4.78 is 195. The number of benzene rings is 2. The summed E-state index contributed by atoms with van der Waals surface area (Å²) in [5.41, 5.74) is -12.4. The van der Waals surface area contributed by atoms with Gasteiger partial charge in [-0.25, -0.2) is 8.78 Å². The van der Waals surface area contributed by atoms with Gasteiger partial charge in [-0.05, 0) is 6.07 Å². The maximum absolute atomic E-state index is 14.3. The summed E-state index contributed by atoms with van der Waals surface area (Å²) in [4.78, 5) is 0. The van der Waals surface area contributed by atoms with E-state index in [2.05, 4.69) is 13.1 Å². The second-order valence-electron chi connectivity index (χ2n) is 5.18. The van der Waals surface area contributed by atoms with E-state index in [1.807, 2.05) is 0 Å². The molecule has 0 spiro atoms. The van der Waals surface area contributed by atoms with Crippen molar-refractivity contribution in [1.29, 1.82) is 0 Å². The predicted molar refractivity (Wildman–Crippen MR) is 81.6 cm³/mol. The maximum atomic E-state index is 14.3. The minimum atomic E-state index is -6.79. The van der Waals surface area contributed by atoms with E-state index in [9.17, 15) is 56.3 Å². The number of methoxy groups -OCH3 is 1. The summed E-state index contributed by atoms with van der Waals surface area (Å²) >= 11 is 0. The molecule has 174 valence electrons. The van der Waals surface area contributed by atoms with Gasteiger partial charge in [0.15, 0.2) is 23.1 Å². The summed E-state index contributed by atoms with van der Waals surface area (Å²) in [6.45, 7) is 0. The standard InChI is InChI=1S/C13H5F9O7S2/c1-27-11-7-5(8(14)9(15)10(11)16)2-4(28-30(23,24)12(17,18)19)3-6(7)29-31(25,26)13(20,21)22/h2-3H,1H3/i1D3. The molecule has 0 radical (unpaired) electrons. The molecule has 0 aliphatic rings. The highest BCUT2D eigenvalue weighted by Gasteiger charge is 2.50. The van der Waals surface area contributed by atoms with E-state index in [1.165, 1.54) is 0 Å². The molecule has 0 fully saturated rings. The Bertz CT molecular complexity index is 1350. The highest BCUT2D eigenvalue weighted by molar-refractivity contribution is 7.88. The lowest BCUT2D eigenvalue weighted by Gasteiger charge is -2.17. The fraction of sp³-hybridized carbons (Fsp3) is 0.231. The summed E-state index contributed by atoms with van der Waals surface area (Å²) in [7, 11) is -17.1. The molecule has 0 N–H and O–H groups in total. The summed E-state index contributed by atoms with van der Waals surface area (Å²) in [5, 5.41) is -3.36. The van der Waals surface area contributed by atoms with Crippen LogP contribution >= 0.6 is 0 Å². The zero-order chi connectivity index (χ0) is 26.7. The van der Waals surface area contributed by atoms with Crippen LogP contribution < -0.4 is 13.1 Å². The molecule has 31 heavy (non-hydrogen) atoms. The van der Waals surface area contributed by atoms with Crippen molar-refractivity contribution in [2.45, 2.75) is 11.0 Å². The molecule has 0 unspecified atom stereocenters. The molecule has 2 aromatic carbocycles. The minimum absolute atomic E-state index is 0.157. The van der Waals surface area contributed by atoms with Gasteiger partial charge in [0.2, 0.25) is 5.82 Å². The van der Waals surface area contributed by atoms with Crippen molar-refractivity contribution in [2.24, 2.45) is 0 Å². The van der Waals surface area contributed by atoms with Crippen LogP contribution in [0.25, 0.3) is 10.8 Å². The van der Waals surface area contributed by atoms with E-state index in [0.717, 1.165) is 0 Å². The van der Waals surface area contributed by atoms with Gasteiger partial charge in [0.1, 0.15) is 5.75 Å². The average Bonchev–Trinajstić information content (AvgIpc) is 2.60. The lowest BCUT2D eigenvalue weighted by molar-refractivity contribution is -0.0502. The van der Waals surface area contributed by atoms with E-state index in [-0.39, 0.29) is 12.1 Å². The molecule has 0 amide bonds. The summed E-state index contributed by atoms with van der Waals surface area (Å²) in [5.74, 6) is -13.3. The number of halogens is 9. The normalized spacial score (nSPS) is 15.2. The van der Waals surface area contributed by atoms with Crippen molar-refractivity contribution in [3.8, 4) is 17.2 Å². The molecule has 0 aliphatic heterocycles. The second kappa shape index (κ2) is 7.50. The Hall–Kier alpha value is -2.63. The van der Waals surface area contributed by atoms with Gasteiger partial charge in [0.05, 0.1) is 16.5 Å². The second-order valence-corrected chi connectivity index (χ2v) is 8.26. The van der Waals surface area contributed by atoms with Crippen molar-refractivity contribution in [1.82, 2.24) is 0 Å². The zero-order valence-corrected chi connectivity index (χ0v) is 15.4. The molecular formula is C13H5F9O7S2. The Morgan fingerprint density at radius 2 is 1.32 bits per heavy atom. The first kappa shape index (κ1) is 20.3. The van der Waals surface area contributed by atoms with Crippen molar-refractivity contribution >= 4 is 31.0 Å². The number of rotatable bonds is 5. The first-order valence-corrected chi connectivity index (χ1v) is 9.65. The Labute approximate surface area is 170 Å². The lowest BCUT2D eigenvalue weighted by atomic mass is 10.1. The lowest BCUT2D eigenvalue weighted by Crippen LogP contribution is -2.29. The number of fused-ring (bicyclic) bond motifs is 1. The van der Waals surface area contributed by atoms with E-state index >= 15 is 0 Å². The van der Waals surface area contributed by atoms with E-state index in [4.69, 9.17) is 4.11 Å². The molecule has 2 aromatic rings. The van der Waals surface area contributed by atoms with Crippen LogP contribution in [0.2, 0.25) is 0 Å². The highest BCUT2D eigenvalue weighted by atomic mass is 32.2. The van der Waals surface area contributed by atoms with Gasteiger partial charge in [-0.3, -0.25) is 0 Å². The maximum Gasteiger partial charge on any atom is 0.534 e. The van der Waals surface area contributed by atoms with Gasteiger partial charge in [-0.15, -0.1) is 0 Å². The fourth-order valence-corrected chi connectivity index (χ4v) is 2.88. The SMILES string of the molecule is [2H]C([2H])([2H])Oc1c(F)c(F)c(F)c2cc(OS(=O)(=O)C(F)(F)F)cc(OS(=O)(=O)C(F)(F)F)c12. The van der Waals surface area contributed by atoms with Crippen LogP contribution in [0, 0.1) is 17.5 Å². The van der Waals surface area contributed by atoms with Crippen LogP contribution in [0.4, 0.5) is 39.5 Å². The van der Waals surface area contributed by atoms with Crippen molar-refractivity contribution < 1.29 is 73.6 Å². The zero-order valence-electron chi connectivity index (χ0n) is 16.7.